The van der Waals surface area contributed by atoms with Gasteiger partial charge in [0.05, 0.1) is 13.4 Å². The van der Waals surface area contributed by atoms with Crippen molar-refractivity contribution in [3.63, 3.8) is 0 Å². The Labute approximate surface area is 214 Å². The van der Waals surface area contributed by atoms with Gasteiger partial charge >= 0.3 is 0 Å². The fraction of sp³-hybridized carbons (Fsp3) is 0.458. The summed E-state index contributed by atoms with van der Waals surface area (Å²) in [5.41, 5.74) is 1.17. The van der Waals surface area contributed by atoms with Crippen molar-refractivity contribution >= 4 is 15.9 Å². The number of ether oxygens (including phenoxy) is 1. The molecule has 2 aromatic heterocycles. The molecule has 13 heteroatoms. The Bertz CT molecular complexity index is 1370. The zero-order chi connectivity index (χ0) is 26.6. The van der Waals surface area contributed by atoms with Crippen LogP contribution in [0, 0.1) is 18.7 Å². The van der Waals surface area contributed by atoms with Crippen LogP contribution in [0.4, 0.5) is 4.39 Å². The molecule has 1 aliphatic rings. The van der Waals surface area contributed by atoms with Crippen molar-refractivity contribution < 1.29 is 26.9 Å². The first-order chi connectivity index (χ1) is 17.6. The van der Waals surface area contributed by atoms with Crippen LogP contribution in [-0.2, 0) is 23.0 Å². The van der Waals surface area contributed by atoms with Crippen molar-refractivity contribution in [1.82, 2.24) is 30.1 Å². The SMILES string of the molecule is COc1cc(CNC(=O)c2cc(-c3noc(C[C@H]4CC[C@H](NS(C)(=O)=O)CC4)n3)nc(C)n2)ccc1F. The summed E-state index contributed by atoms with van der Waals surface area (Å²) in [5.74, 6) is 0.576. The molecule has 0 bridgehead atoms. The lowest BCUT2D eigenvalue weighted by atomic mass is 9.84. The Kier molecular flexibility index (Phi) is 8.13. The van der Waals surface area contributed by atoms with Crippen molar-refractivity contribution in [3.05, 3.63) is 53.1 Å². The maximum Gasteiger partial charge on any atom is 0.270 e. The number of halogens is 1. The molecule has 0 saturated heterocycles. The minimum atomic E-state index is -3.21. The molecular formula is C24H29FN6O5S. The van der Waals surface area contributed by atoms with Gasteiger partial charge in [-0.2, -0.15) is 4.98 Å². The predicted octanol–water partition coefficient (Wildman–Crippen LogP) is 2.56. The number of aromatic nitrogens is 4. The number of benzene rings is 1. The predicted molar refractivity (Wildman–Crippen MR) is 132 cm³/mol. The molecule has 2 N–H and O–H groups in total. The number of amides is 1. The van der Waals surface area contributed by atoms with Crippen LogP contribution in [0.2, 0.25) is 0 Å². The second kappa shape index (κ2) is 11.3. The second-order valence-corrected chi connectivity index (χ2v) is 10.9. The summed E-state index contributed by atoms with van der Waals surface area (Å²) in [4.78, 5) is 25.7. The third kappa shape index (κ3) is 7.29. The van der Waals surface area contributed by atoms with E-state index in [9.17, 15) is 17.6 Å². The van der Waals surface area contributed by atoms with Crippen molar-refractivity contribution in [2.75, 3.05) is 13.4 Å². The van der Waals surface area contributed by atoms with Gasteiger partial charge in [-0.05, 0) is 62.3 Å². The Morgan fingerprint density at radius 3 is 2.62 bits per heavy atom. The fourth-order valence-electron chi connectivity index (χ4n) is 4.36. The molecule has 1 aromatic carbocycles. The standard InChI is InChI=1S/C24H29FN6O5S/c1-14-27-19(12-20(28-14)24(32)26-13-16-6-9-18(25)21(10-16)35-2)23-29-22(36-30-23)11-15-4-7-17(8-5-15)31-37(3,33)34/h6,9-10,12,15,17,31H,4-5,7-8,11,13H2,1-3H3,(H,26,32)/t15-,17-. The number of sulfonamides is 1. The Morgan fingerprint density at radius 1 is 1.16 bits per heavy atom. The molecule has 0 spiro atoms. The molecule has 0 unspecified atom stereocenters. The molecule has 1 fully saturated rings. The number of carbonyl (C=O) groups is 1. The van der Waals surface area contributed by atoms with Crippen LogP contribution in [0.5, 0.6) is 5.75 Å². The molecule has 1 amide bonds. The lowest BCUT2D eigenvalue weighted by Crippen LogP contribution is -2.37. The molecule has 0 aliphatic heterocycles. The smallest absolute Gasteiger partial charge is 0.270 e. The number of hydrogen-bond acceptors (Lipinski definition) is 9. The second-order valence-electron chi connectivity index (χ2n) is 9.16. The Morgan fingerprint density at radius 2 is 1.92 bits per heavy atom. The minimum Gasteiger partial charge on any atom is -0.494 e. The van der Waals surface area contributed by atoms with E-state index in [0.717, 1.165) is 25.7 Å². The first-order valence-corrected chi connectivity index (χ1v) is 13.8. The van der Waals surface area contributed by atoms with Crippen LogP contribution in [0.15, 0.2) is 28.8 Å². The van der Waals surface area contributed by atoms with Gasteiger partial charge in [0, 0.05) is 19.0 Å². The van der Waals surface area contributed by atoms with Gasteiger partial charge in [0.1, 0.15) is 17.2 Å². The van der Waals surface area contributed by atoms with Crippen molar-refractivity contribution in [3.8, 4) is 17.3 Å². The molecule has 37 heavy (non-hydrogen) atoms. The number of rotatable bonds is 9. The van der Waals surface area contributed by atoms with E-state index in [1.165, 1.54) is 31.6 Å². The fourth-order valence-corrected chi connectivity index (χ4v) is 5.20. The van der Waals surface area contributed by atoms with Gasteiger partial charge in [0.15, 0.2) is 11.6 Å². The third-order valence-electron chi connectivity index (χ3n) is 6.13. The maximum absolute atomic E-state index is 13.6. The van der Waals surface area contributed by atoms with Crippen molar-refractivity contribution in [1.29, 1.82) is 0 Å². The molecule has 198 valence electrons. The molecule has 0 radical (unpaired) electrons. The number of carbonyl (C=O) groups excluding carboxylic acids is 1. The first kappa shape index (κ1) is 26.6. The van der Waals surface area contributed by atoms with E-state index in [1.807, 2.05) is 0 Å². The lowest BCUT2D eigenvalue weighted by Gasteiger charge is -2.27. The summed E-state index contributed by atoms with van der Waals surface area (Å²) in [5, 5.41) is 6.78. The van der Waals surface area contributed by atoms with E-state index < -0.39 is 21.7 Å². The highest BCUT2D eigenvalue weighted by molar-refractivity contribution is 7.88. The van der Waals surface area contributed by atoms with Crippen LogP contribution in [0.3, 0.4) is 0 Å². The molecule has 4 rings (SSSR count). The number of nitrogens with one attached hydrogen (secondary N) is 2. The molecule has 2 heterocycles. The highest BCUT2D eigenvalue weighted by atomic mass is 32.2. The first-order valence-electron chi connectivity index (χ1n) is 11.9. The Hall–Kier alpha value is -3.45. The third-order valence-corrected chi connectivity index (χ3v) is 6.89. The molecule has 0 atom stereocenters. The van der Waals surface area contributed by atoms with Gasteiger partial charge in [0.2, 0.25) is 21.7 Å². The maximum atomic E-state index is 13.6. The van der Waals surface area contributed by atoms with E-state index in [1.54, 1.807) is 13.0 Å². The number of aryl methyl sites for hydroxylation is 1. The van der Waals surface area contributed by atoms with Crippen molar-refractivity contribution in [2.24, 2.45) is 5.92 Å². The highest BCUT2D eigenvalue weighted by Gasteiger charge is 2.25. The minimum absolute atomic E-state index is 0.0388. The topological polar surface area (TPSA) is 149 Å². The van der Waals surface area contributed by atoms with Crippen LogP contribution in [0.25, 0.3) is 11.5 Å². The zero-order valence-electron chi connectivity index (χ0n) is 20.8. The van der Waals surface area contributed by atoms with E-state index in [0.29, 0.717) is 35.3 Å². The number of hydrogen-bond donors (Lipinski definition) is 2. The van der Waals surface area contributed by atoms with Gasteiger partial charge in [0.25, 0.3) is 5.91 Å². The van der Waals surface area contributed by atoms with E-state index in [2.05, 4.69) is 30.1 Å². The molecular weight excluding hydrogens is 503 g/mol. The average Bonchev–Trinajstić information content (AvgIpc) is 3.32. The van der Waals surface area contributed by atoms with Gasteiger partial charge in [-0.15, -0.1) is 0 Å². The quantitative estimate of drug-likeness (QED) is 0.424. The monoisotopic (exact) mass is 532 g/mol. The number of nitrogens with zero attached hydrogens (tertiary/aromatic N) is 4. The van der Waals surface area contributed by atoms with Crippen LogP contribution >= 0.6 is 0 Å². The average molecular weight is 533 g/mol. The lowest BCUT2D eigenvalue weighted by molar-refractivity contribution is 0.0945. The van der Waals surface area contributed by atoms with Crippen LogP contribution in [0.1, 0.15) is 53.5 Å². The zero-order valence-corrected chi connectivity index (χ0v) is 21.6. The summed E-state index contributed by atoms with van der Waals surface area (Å²) in [6.45, 7) is 1.82. The molecule has 1 saturated carbocycles. The van der Waals surface area contributed by atoms with E-state index >= 15 is 0 Å². The number of methoxy groups -OCH3 is 1. The van der Waals surface area contributed by atoms with Gasteiger partial charge in [-0.1, -0.05) is 11.2 Å². The van der Waals surface area contributed by atoms with E-state index in [4.69, 9.17) is 9.26 Å². The summed E-state index contributed by atoms with van der Waals surface area (Å²) < 4.78 is 49.6. The van der Waals surface area contributed by atoms with Gasteiger partial charge < -0.3 is 14.6 Å². The van der Waals surface area contributed by atoms with Gasteiger partial charge in [-0.25, -0.2) is 27.5 Å². The molecule has 1 aliphatic carbocycles. The molecule has 3 aromatic rings. The largest absolute Gasteiger partial charge is 0.494 e. The van der Waals surface area contributed by atoms with Crippen LogP contribution < -0.4 is 14.8 Å². The summed E-state index contributed by atoms with van der Waals surface area (Å²) >= 11 is 0. The van der Waals surface area contributed by atoms with Gasteiger partial charge in [-0.3, -0.25) is 4.79 Å². The van der Waals surface area contributed by atoms with E-state index in [-0.39, 0.29) is 29.9 Å². The van der Waals surface area contributed by atoms with Crippen molar-refractivity contribution in [2.45, 2.75) is 51.6 Å². The highest BCUT2D eigenvalue weighted by Crippen LogP contribution is 2.28. The summed E-state index contributed by atoms with van der Waals surface area (Å²) in [6, 6.07) is 5.80. The Balaban J connectivity index is 1.38. The van der Waals surface area contributed by atoms with Crippen LogP contribution in [-0.4, -0.2) is 53.8 Å². The molecule has 11 nitrogen and oxygen atoms in total. The summed E-state index contributed by atoms with van der Waals surface area (Å²) in [7, 11) is -1.84. The normalized spacial score (nSPS) is 17.9. The summed E-state index contributed by atoms with van der Waals surface area (Å²) in [6.07, 6.45) is 4.96.